The van der Waals surface area contributed by atoms with Gasteiger partial charge in [0.15, 0.2) is 0 Å². The van der Waals surface area contributed by atoms with Crippen molar-refractivity contribution in [2.45, 2.75) is 26.9 Å². The number of benzene rings is 2. The summed E-state index contributed by atoms with van der Waals surface area (Å²) in [6.07, 6.45) is -0.648. The van der Waals surface area contributed by atoms with E-state index in [1.165, 1.54) is 0 Å². The van der Waals surface area contributed by atoms with Crippen LogP contribution in [0.15, 0.2) is 34.8 Å². The summed E-state index contributed by atoms with van der Waals surface area (Å²) in [5.74, 6) is 0. The minimum atomic E-state index is -0.648. The summed E-state index contributed by atoms with van der Waals surface area (Å²) >= 11 is 9.53. The van der Waals surface area contributed by atoms with Gasteiger partial charge in [0.25, 0.3) is 0 Å². The zero-order chi connectivity index (χ0) is 14.2. The number of halogens is 2. The lowest BCUT2D eigenvalue weighted by atomic mass is 9.93. The van der Waals surface area contributed by atoms with Crippen LogP contribution in [0.5, 0.6) is 0 Å². The van der Waals surface area contributed by atoms with E-state index in [-0.39, 0.29) is 0 Å². The summed E-state index contributed by atoms with van der Waals surface area (Å²) in [4.78, 5) is 0. The van der Waals surface area contributed by atoms with Crippen LogP contribution in [0.2, 0.25) is 5.02 Å². The van der Waals surface area contributed by atoms with Crippen molar-refractivity contribution in [3.63, 3.8) is 0 Å². The molecule has 0 fully saturated rings. The maximum absolute atomic E-state index is 10.6. The summed E-state index contributed by atoms with van der Waals surface area (Å²) < 4.78 is 1.06. The average molecular weight is 340 g/mol. The molecule has 3 heteroatoms. The van der Waals surface area contributed by atoms with Crippen LogP contribution < -0.4 is 0 Å². The maximum Gasteiger partial charge on any atom is 0.105 e. The molecule has 0 aliphatic heterocycles. The Hall–Kier alpha value is -0.830. The molecule has 1 N–H and O–H groups in total. The van der Waals surface area contributed by atoms with Gasteiger partial charge in [-0.05, 0) is 66.8 Å². The monoisotopic (exact) mass is 338 g/mol. The normalized spacial score (nSPS) is 12.5. The highest BCUT2D eigenvalue weighted by molar-refractivity contribution is 9.10. The Labute approximate surface area is 127 Å². The van der Waals surface area contributed by atoms with Gasteiger partial charge in [0.2, 0.25) is 0 Å². The highest BCUT2D eigenvalue weighted by atomic mass is 79.9. The summed E-state index contributed by atoms with van der Waals surface area (Å²) in [7, 11) is 0. The molecule has 1 atom stereocenters. The van der Waals surface area contributed by atoms with Gasteiger partial charge in [0.05, 0.1) is 0 Å². The molecule has 0 saturated carbocycles. The van der Waals surface area contributed by atoms with E-state index in [0.29, 0.717) is 5.02 Å². The first-order chi connectivity index (χ1) is 8.90. The van der Waals surface area contributed by atoms with Crippen LogP contribution in [0.25, 0.3) is 0 Å². The topological polar surface area (TPSA) is 20.2 Å². The van der Waals surface area contributed by atoms with E-state index in [4.69, 9.17) is 11.6 Å². The summed E-state index contributed by atoms with van der Waals surface area (Å²) in [6.45, 7) is 6.00. The van der Waals surface area contributed by atoms with Gasteiger partial charge in [-0.25, -0.2) is 0 Å². The molecule has 1 nitrogen and oxygen atoms in total. The van der Waals surface area contributed by atoms with Crippen LogP contribution in [0.1, 0.15) is 33.9 Å². The molecule has 0 aliphatic carbocycles. The lowest BCUT2D eigenvalue weighted by molar-refractivity contribution is 0.218. The van der Waals surface area contributed by atoms with E-state index in [1.807, 2.05) is 51.1 Å². The van der Waals surface area contributed by atoms with Crippen molar-refractivity contribution in [3.8, 4) is 0 Å². The Balaban J connectivity index is 2.52. The zero-order valence-electron chi connectivity index (χ0n) is 11.2. The van der Waals surface area contributed by atoms with Gasteiger partial charge in [-0.1, -0.05) is 39.7 Å². The van der Waals surface area contributed by atoms with E-state index in [2.05, 4.69) is 15.9 Å². The Kier molecular flexibility index (Phi) is 4.34. The predicted octanol–water partition coefficient (Wildman–Crippen LogP) is 5.11. The molecular weight excluding hydrogens is 324 g/mol. The van der Waals surface area contributed by atoms with E-state index in [1.54, 1.807) is 0 Å². The van der Waals surface area contributed by atoms with Crippen LogP contribution in [0.4, 0.5) is 0 Å². The highest BCUT2D eigenvalue weighted by Crippen LogP contribution is 2.31. The lowest BCUT2D eigenvalue weighted by Gasteiger charge is -2.18. The van der Waals surface area contributed by atoms with E-state index < -0.39 is 6.10 Å². The minimum Gasteiger partial charge on any atom is -0.384 e. The first-order valence-corrected chi connectivity index (χ1v) is 7.28. The number of hydrogen-bond acceptors (Lipinski definition) is 1. The quantitative estimate of drug-likeness (QED) is 0.806. The first-order valence-electron chi connectivity index (χ1n) is 6.11. The minimum absolute atomic E-state index is 0.645. The largest absolute Gasteiger partial charge is 0.384 e. The third-order valence-corrected chi connectivity index (χ3v) is 4.47. The number of aliphatic hydroxyl groups is 1. The molecule has 0 spiro atoms. The SMILES string of the molecule is Cc1cc(C(O)c2cc(Cl)ccc2C)c(C)cc1Br. The first kappa shape index (κ1) is 14.6. The van der Waals surface area contributed by atoms with Crippen LogP contribution >= 0.6 is 27.5 Å². The zero-order valence-corrected chi connectivity index (χ0v) is 13.5. The van der Waals surface area contributed by atoms with E-state index in [0.717, 1.165) is 32.3 Å². The van der Waals surface area contributed by atoms with Gasteiger partial charge >= 0.3 is 0 Å². The van der Waals surface area contributed by atoms with Crippen molar-refractivity contribution >= 4 is 27.5 Å². The van der Waals surface area contributed by atoms with Gasteiger partial charge in [-0.2, -0.15) is 0 Å². The third kappa shape index (κ3) is 3.02. The van der Waals surface area contributed by atoms with E-state index >= 15 is 0 Å². The van der Waals surface area contributed by atoms with Crippen molar-refractivity contribution in [2.75, 3.05) is 0 Å². The predicted molar refractivity (Wildman–Crippen MR) is 83.9 cm³/mol. The molecule has 0 saturated heterocycles. The Morgan fingerprint density at radius 1 is 0.947 bits per heavy atom. The second kappa shape index (κ2) is 5.66. The molecule has 0 bridgehead atoms. The molecule has 2 aromatic carbocycles. The second-order valence-electron chi connectivity index (χ2n) is 4.86. The van der Waals surface area contributed by atoms with Crippen LogP contribution in [-0.4, -0.2) is 5.11 Å². The third-order valence-electron chi connectivity index (χ3n) is 3.38. The molecule has 2 rings (SSSR count). The molecule has 0 aliphatic rings. The highest BCUT2D eigenvalue weighted by Gasteiger charge is 2.16. The van der Waals surface area contributed by atoms with Gasteiger partial charge in [-0.15, -0.1) is 0 Å². The standard InChI is InChI=1S/C16H16BrClO/c1-9-4-5-12(18)8-14(9)16(19)13-6-11(3)15(17)7-10(13)2/h4-8,16,19H,1-3H3. The number of hydrogen-bond donors (Lipinski definition) is 1. The molecule has 2 aromatic rings. The van der Waals surface area contributed by atoms with Crippen LogP contribution in [0, 0.1) is 20.8 Å². The summed E-state index contributed by atoms with van der Waals surface area (Å²) in [6, 6.07) is 9.66. The van der Waals surface area contributed by atoms with Gasteiger partial charge in [0, 0.05) is 9.50 Å². The molecule has 100 valence electrons. The fourth-order valence-electron chi connectivity index (χ4n) is 2.17. The van der Waals surface area contributed by atoms with Crippen molar-refractivity contribution in [1.29, 1.82) is 0 Å². The number of aryl methyl sites for hydroxylation is 3. The van der Waals surface area contributed by atoms with Gasteiger partial charge in [0.1, 0.15) is 6.10 Å². The number of aliphatic hydroxyl groups excluding tert-OH is 1. The molecule has 0 amide bonds. The summed E-state index contributed by atoms with van der Waals surface area (Å²) in [5.41, 5.74) is 4.99. The second-order valence-corrected chi connectivity index (χ2v) is 6.15. The van der Waals surface area contributed by atoms with Crippen molar-refractivity contribution < 1.29 is 5.11 Å². The van der Waals surface area contributed by atoms with Crippen molar-refractivity contribution in [2.24, 2.45) is 0 Å². The van der Waals surface area contributed by atoms with Gasteiger partial charge < -0.3 is 5.11 Å². The molecule has 1 unspecified atom stereocenters. The Morgan fingerprint density at radius 2 is 1.58 bits per heavy atom. The van der Waals surface area contributed by atoms with Gasteiger partial charge in [-0.3, -0.25) is 0 Å². The summed E-state index contributed by atoms with van der Waals surface area (Å²) in [5, 5.41) is 11.3. The van der Waals surface area contributed by atoms with Crippen molar-refractivity contribution in [3.05, 3.63) is 67.6 Å². The van der Waals surface area contributed by atoms with Crippen molar-refractivity contribution in [1.82, 2.24) is 0 Å². The molecule has 0 radical (unpaired) electrons. The van der Waals surface area contributed by atoms with Crippen LogP contribution in [-0.2, 0) is 0 Å². The fourth-order valence-corrected chi connectivity index (χ4v) is 2.81. The van der Waals surface area contributed by atoms with E-state index in [9.17, 15) is 5.11 Å². The molecule has 0 aromatic heterocycles. The lowest BCUT2D eigenvalue weighted by Crippen LogP contribution is -2.05. The maximum atomic E-state index is 10.6. The molecule has 19 heavy (non-hydrogen) atoms. The molecule has 0 heterocycles. The fraction of sp³-hybridized carbons (Fsp3) is 0.250. The average Bonchev–Trinajstić information content (AvgIpc) is 2.36. The Bertz CT molecular complexity index is 622. The Morgan fingerprint density at radius 3 is 2.26 bits per heavy atom. The van der Waals surface area contributed by atoms with Crippen LogP contribution in [0.3, 0.4) is 0 Å². The molecular formula is C16H16BrClO. The smallest absolute Gasteiger partial charge is 0.105 e. The number of rotatable bonds is 2.